The van der Waals surface area contributed by atoms with Crippen LogP contribution in [0.15, 0.2) is 39.4 Å². The van der Waals surface area contributed by atoms with Crippen LogP contribution in [0.5, 0.6) is 5.75 Å². The SMILES string of the molecule is CCNC(c1ccco1)c1cc(Br)c(F)cc1OC. The number of rotatable bonds is 5. The van der Waals surface area contributed by atoms with Crippen LogP contribution in [-0.4, -0.2) is 13.7 Å². The molecule has 1 aromatic heterocycles. The molecule has 0 aliphatic heterocycles. The highest BCUT2D eigenvalue weighted by atomic mass is 79.9. The number of halogens is 2. The maximum atomic E-state index is 13.6. The third kappa shape index (κ3) is 2.98. The van der Waals surface area contributed by atoms with Gasteiger partial charge in [-0.2, -0.15) is 0 Å². The van der Waals surface area contributed by atoms with Crippen molar-refractivity contribution in [1.82, 2.24) is 5.32 Å². The molecule has 1 heterocycles. The molecule has 0 radical (unpaired) electrons. The Kier molecular flexibility index (Phi) is 4.61. The smallest absolute Gasteiger partial charge is 0.141 e. The van der Waals surface area contributed by atoms with E-state index in [-0.39, 0.29) is 11.9 Å². The second-order valence-electron chi connectivity index (χ2n) is 4.01. The maximum absolute atomic E-state index is 13.6. The second-order valence-corrected chi connectivity index (χ2v) is 4.87. The van der Waals surface area contributed by atoms with E-state index < -0.39 is 0 Å². The predicted molar refractivity (Wildman–Crippen MR) is 74.9 cm³/mol. The predicted octanol–water partition coefficient (Wildman–Crippen LogP) is 3.89. The number of hydrogen-bond donors (Lipinski definition) is 1. The van der Waals surface area contributed by atoms with E-state index in [1.54, 1.807) is 12.3 Å². The molecular formula is C14H15BrFNO2. The van der Waals surface area contributed by atoms with Gasteiger partial charge in [-0.15, -0.1) is 0 Å². The van der Waals surface area contributed by atoms with Gasteiger partial charge in [-0.25, -0.2) is 4.39 Å². The normalized spacial score (nSPS) is 12.4. The van der Waals surface area contributed by atoms with Crippen LogP contribution in [0.4, 0.5) is 4.39 Å². The minimum atomic E-state index is -0.352. The number of benzene rings is 1. The lowest BCUT2D eigenvalue weighted by Crippen LogP contribution is -2.22. The molecule has 2 aromatic rings. The molecule has 0 spiro atoms. The summed E-state index contributed by atoms with van der Waals surface area (Å²) in [6.45, 7) is 2.75. The monoisotopic (exact) mass is 327 g/mol. The molecule has 1 unspecified atom stereocenters. The topological polar surface area (TPSA) is 34.4 Å². The first-order valence-electron chi connectivity index (χ1n) is 5.97. The molecule has 1 atom stereocenters. The first-order valence-corrected chi connectivity index (χ1v) is 6.76. The van der Waals surface area contributed by atoms with Crippen LogP contribution in [0.25, 0.3) is 0 Å². The van der Waals surface area contributed by atoms with Crippen molar-refractivity contribution in [2.45, 2.75) is 13.0 Å². The van der Waals surface area contributed by atoms with Gasteiger partial charge in [0, 0.05) is 11.6 Å². The molecular weight excluding hydrogens is 313 g/mol. The number of furan rings is 1. The van der Waals surface area contributed by atoms with Crippen molar-refractivity contribution in [3.8, 4) is 5.75 Å². The van der Waals surface area contributed by atoms with Crippen molar-refractivity contribution in [3.63, 3.8) is 0 Å². The van der Waals surface area contributed by atoms with Gasteiger partial charge in [0.05, 0.1) is 23.9 Å². The summed E-state index contributed by atoms with van der Waals surface area (Å²) >= 11 is 3.20. The van der Waals surface area contributed by atoms with E-state index in [0.29, 0.717) is 10.2 Å². The van der Waals surface area contributed by atoms with Crippen LogP contribution in [0, 0.1) is 5.82 Å². The van der Waals surface area contributed by atoms with Crippen LogP contribution in [0.1, 0.15) is 24.3 Å². The average molecular weight is 328 g/mol. The van der Waals surface area contributed by atoms with Gasteiger partial charge in [-0.1, -0.05) is 6.92 Å². The van der Waals surface area contributed by atoms with Crippen molar-refractivity contribution in [2.75, 3.05) is 13.7 Å². The van der Waals surface area contributed by atoms with Crippen LogP contribution in [-0.2, 0) is 0 Å². The van der Waals surface area contributed by atoms with Crippen LogP contribution in [0.3, 0.4) is 0 Å². The van der Waals surface area contributed by atoms with Crippen molar-refractivity contribution in [2.24, 2.45) is 0 Å². The Balaban J connectivity index is 2.50. The van der Waals surface area contributed by atoms with Crippen molar-refractivity contribution >= 4 is 15.9 Å². The number of methoxy groups -OCH3 is 1. The first kappa shape index (κ1) is 14.1. The summed E-state index contributed by atoms with van der Waals surface area (Å²) in [5, 5.41) is 3.31. The summed E-state index contributed by atoms with van der Waals surface area (Å²) in [6.07, 6.45) is 1.62. The lowest BCUT2D eigenvalue weighted by atomic mass is 10.0. The summed E-state index contributed by atoms with van der Waals surface area (Å²) in [5.74, 6) is 0.900. The van der Waals surface area contributed by atoms with E-state index in [1.165, 1.54) is 13.2 Å². The minimum absolute atomic E-state index is 0.174. The largest absolute Gasteiger partial charge is 0.496 e. The van der Waals surface area contributed by atoms with Gasteiger partial charge < -0.3 is 14.5 Å². The van der Waals surface area contributed by atoms with E-state index in [4.69, 9.17) is 9.15 Å². The first-order chi connectivity index (χ1) is 9.17. The van der Waals surface area contributed by atoms with E-state index in [1.807, 2.05) is 19.1 Å². The Hall–Kier alpha value is -1.33. The zero-order chi connectivity index (χ0) is 13.8. The molecule has 0 fully saturated rings. The van der Waals surface area contributed by atoms with Crippen molar-refractivity contribution in [3.05, 3.63) is 52.1 Å². The van der Waals surface area contributed by atoms with Gasteiger partial charge in [0.2, 0.25) is 0 Å². The van der Waals surface area contributed by atoms with E-state index in [0.717, 1.165) is 17.9 Å². The summed E-state index contributed by atoms with van der Waals surface area (Å²) < 4.78 is 24.7. The van der Waals surface area contributed by atoms with Crippen molar-refractivity contribution in [1.29, 1.82) is 0 Å². The summed E-state index contributed by atoms with van der Waals surface area (Å²) in [5.41, 5.74) is 0.826. The molecule has 0 saturated carbocycles. The average Bonchev–Trinajstić information content (AvgIpc) is 2.92. The third-order valence-corrected chi connectivity index (χ3v) is 3.43. The molecule has 102 valence electrons. The number of nitrogens with one attached hydrogen (secondary N) is 1. The standard InChI is InChI=1S/C14H15BrFNO2/c1-3-17-14(12-5-4-6-19-12)9-7-10(15)11(16)8-13(9)18-2/h4-8,14,17H,3H2,1-2H3. The summed E-state index contributed by atoms with van der Waals surface area (Å²) in [7, 11) is 1.53. The van der Waals surface area contributed by atoms with Gasteiger partial charge in [0.1, 0.15) is 17.3 Å². The maximum Gasteiger partial charge on any atom is 0.141 e. The fraction of sp³-hybridized carbons (Fsp3) is 0.286. The fourth-order valence-electron chi connectivity index (χ4n) is 1.97. The Morgan fingerprint density at radius 1 is 1.47 bits per heavy atom. The highest BCUT2D eigenvalue weighted by molar-refractivity contribution is 9.10. The molecule has 2 rings (SSSR count). The molecule has 1 N–H and O–H groups in total. The molecule has 0 aliphatic rings. The Morgan fingerprint density at radius 3 is 2.84 bits per heavy atom. The zero-order valence-electron chi connectivity index (χ0n) is 10.7. The Bertz CT molecular complexity index is 543. The molecule has 0 amide bonds. The van der Waals surface area contributed by atoms with Crippen LogP contribution in [0.2, 0.25) is 0 Å². The highest BCUT2D eigenvalue weighted by Crippen LogP contribution is 2.34. The third-order valence-electron chi connectivity index (χ3n) is 2.82. The summed E-state index contributed by atoms with van der Waals surface area (Å²) in [4.78, 5) is 0. The second kappa shape index (κ2) is 6.21. The molecule has 0 saturated heterocycles. The molecule has 1 aromatic carbocycles. The van der Waals surface area contributed by atoms with E-state index >= 15 is 0 Å². The zero-order valence-corrected chi connectivity index (χ0v) is 12.3. The van der Waals surface area contributed by atoms with Crippen LogP contribution < -0.4 is 10.1 Å². The molecule has 0 aliphatic carbocycles. The molecule has 3 nitrogen and oxygen atoms in total. The highest BCUT2D eigenvalue weighted by Gasteiger charge is 2.21. The van der Waals surface area contributed by atoms with Crippen LogP contribution >= 0.6 is 15.9 Å². The van der Waals surface area contributed by atoms with Gasteiger partial charge >= 0.3 is 0 Å². The van der Waals surface area contributed by atoms with Gasteiger partial charge in [0.15, 0.2) is 0 Å². The molecule has 19 heavy (non-hydrogen) atoms. The minimum Gasteiger partial charge on any atom is -0.496 e. The van der Waals surface area contributed by atoms with Gasteiger partial charge in [-0.05, 0) is 40.7 Å². The van der Waals surface area contributed by atoms with E-state index in [2.05, 4.69) is 21.2 Å². The number of hydrogen-bond acceptors (Lipinski definition) is 3. The lowest BCUT2D eigenvalue weighted by Gasteiger charge is -2.19. The van der Waals surface area contributed by atoms with E-state index in [9.17, 15) is 4.39 Å². The van der Waals surface area contributed by atoms with Crippen molar-refractivity contribution < 1.29 is 13.5 Å². The quantitative estimate of drug-likeness (QED) is 0.904. The molecule has 0 bridgehead atoms. The fourth-order valence-corrected chi connectivity index (χ4v) is 2.33. The number of ether oxygens (including phenoxy) is 1. The Morgan fingerprint density at radius 2 is 2.26 bits per heavy atom. The lowest BCUT2D eigenvalue weighted by molar-refractivity contribution is 0.390. The Labute approximate surface area is 119 Å². The molecule has 5 heteroatoms. The summed E-state index contributed by atoms with van der Waals surface area (Å²) in [6, 6.07) is 6.61. The van der Waals surface area contributed by atoms with Gasteiger partial charge in [0.25, 0.3) is 0 Å². The van der Waals surface area contributed by atoms with Gasteiger partial charge in [-0.3, -0.25) is 0 Å².